The number of amides is 3. The lowest BCUT2D eigenvalue weighted by Crippen LogP contribution is -2.38. The number of nitrogens with one attached hydrogen (secondary N) is 3. The summed E-state index contributed by atoms with van der Waals surface area (Å²) in [5, 5.41) is 8.60. The Labute approximate surface area is 209 Å². The third-order valence-electron chi connectivity index (χ3n) is 6.46. The summed E-state index contributed by atoms with van der Waals surface area (Å²) in [6.07, 6.45) is 6.16. The zero-order chi connectivity index (χ0) is 25.2. The Bertz CT molecular complexity index is 1270. The average molecular weight is 489 g/mol. The van der Waals surface area contributed by atoms with Crippen molar-refractivity contribution in [1.82, 2.24) is 15.6 Å². The van der Waals surface area contributed by atoms with Gasteiger partial charge in [0.25, 0.3) is 0 Å². The molecule has 2 aromatic rings. The van der Waals surface area contributed by atoms with Crippen LogP contribution in [0.4, 0.5) is 10.6 Å². The van der Waals surface area contributed by atoms with Crippen molar-refractivity contribution >= 4 is 17.8 Å². The van der Waals surface area contributed by atoms with Crippen LogP contribution in [0, 0.1) is 5.92 Å². The number of nitrogens with zero attached hydrogens (tertiary/aromatic N) is 1. The van der Waals surface area contributed by atoms with Gasteiger partial charge in [0, 0.05) is 24.7 Å². The van der Waals surface area contributed by atoms with Crippen molar-refractivity contribution in [3.05, 3.63) is 83.5 Å². The first-order valence-corrected chi connectivity index (χ1v) is 11.8. The molecule has 3 N–H and O–H groups in total. The zero-order valence-corrected chi connectivity index (χ0v) is 20.2. The second-order valence-electron chi connectivity index (χ2n) is 8.93. The summed E-state index contributed by atoms with van der Waals surface area (Å²) in [7, 11) is 1.62. The van der Waals surface area contributed by atoms with Crippen LogP contribution in [0.15, 0.2) is 72.4 Å². The molecule has 1 aromatic heterocycles. The second kappa shape index (κ2) is 9.77. The number of benzene rings is 1. The standard InChI is InChI=1S/C27H28N4O5/c1-15(35-21-12-13-28-26-19(21)9-11-22(32)30-26)4-10-20-16(2)23-24(25(23)36-20)31-27(33)29-14-17-5-7-18(34-3)8-6-17/h4-8,10,12-13,23-25H,2,9,11,14H2,1,3H3,(H,28,30,32)(H2,29,31,33)/b15-4+,20-10+/t23-,24-,25-/m0/s1. The third kappa shape index (κ3) is 4.91. The van der Waals surface area contributed by atoms with Gasteiger partial charge in [-0.25, -0.2) is 9.78 Å². The Hall–Kier alpha value is -4.27. The summed E-state index contributed by atoms with van der Waals surface area (Å²) < 4.78 is 17.1. The van der Waals surface area contributed by atoms with Gasteiger partial charge >= 0.3 is 6.03 Å². The van der Waals surface area contributed by atoms with Gasteiger partial charge in [-0.15, -0.1) is 0 Å². The molecule has 0 unspecified atom stereocenters. The van der Waals surface area contributed by atoms with Crippen LogP contribution in [0.3, 0.4) is 0 Å². The van der Waals surface area contributed by atoms with Crippen molar-refractivity contribution < 1.29 is 23.8 Å². The van der Waals surface area contributed by atoms with E-state index in [0.717, 1.165) is 22.4 Å². The molecule has 3 heterocycles. The number of carbonyl (C=O) groups is 2. The summed E-state index contributed by atoms with van der Waals surface area (Å²) in [4.78, 5) is 28.1. The van der Waals surface area contributed by atoms with Gasteiger partial charge in [-0.3, -0.25) is 4.79 Å². The highest BCUT2D eigenvalue weighted by Gasteiger charge is 2.60. The van der Waals surface area contributed by atoms with Crippen LogP contribution in [0.1, 0.15) is 24.5 Å². The smallest absolute Gasteiger partial charge is 0.315 e. The second-order valence-corrected chi connectivity index (χ2v) is 8.93. The Morgan fingerprint density at radius 1 is 1.28 bits per heavy atom. The number of aromatic nitrogens is 1. The first kappa shape index (κ1) is 23.5. The minimum absolute atomic E-state index is 0.0397. The van der Waals surface area contributed by atoms with Gasteiger partial charge in [-0.05, 0) is 54.8 Å². The molecule has 0 spiro atoms. The number of carbonyl (C=O) groups excluding carboxylic acids is 2. The molecular formula is C27H28N4O5. The quantitative estimate of drug-likeness (QED) is 0.514. The molecule has 1 aliphatic carbocycles. The number of anilines is 1. The SMILES string of the molecule is C=C1/C(=C\C=C(/C)Oc2ccnc3c2CCC(=O)N3)O[C@@H]2[C@@H](NC(=O)NCc3ccc(OC)cc3)[C@H]12. The van der Waals surface area contributed by atoms with Crippen LogP contribution in [-0.4, -0.2) is 36.2 Å². The Morgan fingerprint density at radius 3 is 2.81 bits per heavy atom. The minimum atomic E-state index is -0.242. The molecule has 2 aliphatic heterocycles. The third-order valence-corrected chi connectivity index (χ3v) is 6.46. The number of rotatable bonds is 7. The van der Waals surface area contributed by atoms with Gasteiger partial charge in [-0.2, -0.15) is 0 Å². The Kier molecular flexibility index (Phi) is 6.37. The molecule has 36 heavy (non-hydrogen) atoms. The van der Waals surface area contributed by atoms with E-state index in [2.05, 4.69) is 27.5 Å². The molecule has 9 heteroatoms. The van der Waals surface area contributed by atoms with Crippen LogP contribution in [0.5, 0.6) is 11.5 Å². The van der Waals surface area contributed by atoms with Crippen LogP contribution in [-0.2, 0) is 22.5 Å². The molecule has 5 rings (SSSR count). The van der Waals surface area contributed by atoms with Crippen LogP contribution in [0.2, 0.25) is 0 Å². The van der Waals surface area contributed by atoms with Gasteiger partial charge in [0.05, 0.1) is 19.1 Å². The highest BCUT2D eigenvalue weighted by Crippen LogP contribution is 2.50. The van der Waals surface area contributed by atoms with Gasteiger partial charge < -0.3 is 30.2 Å². The minimum Gasteiger partial charge on any atom is -0.497 e. The van der Waals surface area contributed by atoms with Crippen molar-refractivity contribution in [3.63, 3.8) is 0 Å². The predicted octanol–water partition coefficient (Wildman–Crippen LogP) is 3.59. The number of hydrogen-bond acceptors (Lipinski definition) is 6. The average Bonchev–Trinajstić information content (AvgIpc) is 3.44. The monoisotopic (exact) mass is 488 g/mol. The zero-order valence-electron chi connectivity index (χ0n) is 20.2. The maximum atomic E-state index is 12.3. The Balaban J connectivity index is 1.12. The van der Waals surface area contributed by atoms with Crippen molar-refractivity contribution in [2.75, 3.05) is 12.4 Å². The fourth-order valence-corrected chi connectivity index (χ4v) is 4.43. The molecular weight excluding hydrogens is 460 g/mol. The lowest BCUT2D eigenvalue weighted by atomic mass is 10.1. The fourth-order valence-electron chi connectivity index (χ4n) is 4.43. The number of hydrogen-bond donors (Lipinski definition) is 3. The molecule has 2 fully saturated rings. The molecule has 1 saturated heterocycles. The summed E-state index contributed by atoms with van der Waals surface area (Å²) in [5.74, 6) is 3.37. The van der Waals surface area contributed by atoms with E-state index >= 15 is 0 Å². The fraction of sp³-hybridized carbons (Fsp3) is 0.296. The number of pyridine rings is 1. The van der Waals surface area contributed by atoms with E-state index in [4.69, 9.17) is 14.2 Å². The van der Waals surface area contributed by atoms with Gasteiger partial charge in [-0.1, -0.05) is 18.7 Å². The molecule has 0 radical (unpaired) electrons. The van der Waals surface area contributed by atoms with Crippen LogP contribution < -0.4 is 25.4 Å². The largest absolute Gasteiger partial charge is 0.497 e. The van der Waals surface area contributed by atoms with E-state index < -0.39 is 0 Å². The van der Waals surface area contributed by atoms with Crippen molar-refractivity contribution in [2.24, 2.45) is 5.92 Å². The molecule has 0 bridgehead atoms. The normalized spacial score (nSPS) is 23.2. The van der Waals surface area contributed by atoms with E-state index in [1.54, 1.807) is 19.4 Å². The highest BCUT2D eigenvalue weighted by molar-refractivity contribution is 5.93. The maximum absolute atomic E-state index is 12.3. The lowest BCUT2D eigenvalue weighted by molar-refractivity contribution is -0.116. The number of methoxy groups -OCH3 is 1. The first-order chi connectivity index (χ1) is 17.4. The molecule has 9 nitrogen and oxygen atoms in total. The van der Waals surface area contributed by atoms with E-state index in [1.807, 2.05) is 43.3 Å². The van der Waals surface area contributed by atoms with Crippen molar-refractivity contribution in [2.45, 2.75) is 38.5 Å². The highest BCUT2D eigenvalue weighted by atomic mass is 16.5. The topological polar surface area (TPSA) is 111 Å². The van der Waals surface area contributed by atoms with Crippen molar-refractivity contribution in [3.8, 4) is 11.5 Å². The molecule has 1 aromatic carbocycles. The summed E-state index contributed by atoms with van der Waals surface area (Å²) >= 11 is 0. The first-order valence-electron chi connectivity index (χ1n) is 11.8. The van der Waals surface area contributed by atoms with Gasteiger partial charge in [0.1, 0.15) is 34.9 Å². The molecule has 3 aliphatic rings. The van der Waals surface area contributed by atoms with Crippen LogP contribution >= 0.6 is 0 Å². The summed E-state index contributed by atoms with van der Waals surface area (Å²) in [5.41, 5.74) is 2.72. The van der Waals surface area contributed by atoms with Crippen LogP contribution in [0.25, 0.3) is 0 Å². The summed E-state index contributed by atoms with van der Waals surface area (Å²) in [6.45, 7) is 6.42. The maximum Gasteiger partial charge on any atom is 0.315 e. The number of allylic oxidation sites excluding steroid dienone is 4. The van der Waals surface area contributed by atoms with Crippen molar-refractivity contribution in [1.29, 1.82) is 0 Å². The lowest BCUT2D eigenvalue weighted by Gasteiger charge is -2.18. The van der Waals surface area contributed by atoms with E-state index in [0.29, 0.717) is 42.5 Å². The molecule has 186 valence electrons. The number of ether oxygens (including phenoxy) is 3. The summed E-state index contributed by atoms with van der Waals surface area (Å²) in [6, 6.07) is 8.99. The van der Waals surface area contributed by atoms with Gasteiger partial charge in [0.15, 0.2) is 0 Å². The molecule has 3 atom stereocenters. The molecule has 1 saturated carbocycles. The molecule has 3 amide bonds. The van der Waals surface area contributed by atoms with E-state index in [1.165, 1.54) is 0 Å². The number of urea groups is 1. The van der Waals surface area contributed by atoms with E-state index in [-0.39, 0.29) is 30.0 Å². The van der Waals surface area contributed by atoms with Gasteiger partial charge in [0.2, 0.25) is 5.91 Å². The number of fused-ring (bicyclic) bond motifs is 2. The van der Waals surface area contributed by atoms with E-state index in [9.17, 15) is 9.59 Å². The Morgan fingerprint density at radius 2 is 2.08 bits per heavy atom. The predicted molar refractivity (Wildman–Crippen MR) is 133 cm³/mol.